The number of nitrogens with one attached hydrogen (secondary N) is 1. The molecule has 0 fully saturated rings. The van der Waals surface area contributed by atoms with Crippen LogP contribution >= 0.6 is 0 Å². The van der Waals surface area contributed by atoms with Crippen LogP contribution in [0.3, 0.4) is 0 Å². The molecular formula is C18H13F3N6O2. The van der Waals surface area contributed by atoms with Crippen molar-refractivity contribution in [3.05, 3.63) is 71.5 Å². The maximum absolute atomic E-state index is 14.2. The largest absolute Gasteiger partial charge is 0.438 e. The maximum Gasteiger partial charge on any atom is 0.292 e. The summed E-state index contributed by atoms with van der Waals surface area (Å²) in [5.74, 6) is -1.76. The number of rotatable bonds is 3. The van der Waals surface area contributed by atoms with Gasteiger partial charge in [0.2, 0.25) is 5.76 Å². The third kappa shape index (κ3) is 2.69. The number of fused-ring (bicyclic) bond motifs is 2. The number of hydrogen-bond donors (Lipinski definition) is 1. The number of oxazole rings is 1. The molecule has 148 valence electrons. The van der Waals surface area contributed by atoms with Crippen LogP contribution in [-0.4, -0.2) is 41.9 Å². The summed E-state index contributed by atoms with van der Waals surface area (Å²) in [5, 5.41) is 4.38. The third-order valence-corrected chi connectivity index (χ3v) is 4.93. The lowest BCUT2D eigenvalue weighted by Gasteiger charge is -2.33. The number of pyridine rings is 1. The Balaban J connectivity index is 1.63. The zero-order valence-electron chi connectivity index (χ0n) is 14.7. The summed E-state index contributed by atoms with van der Waals surface area (Å²) in [7, 11) is 0. The number of H-pyrrole nitrogens is 1. The molecule has 0 radical (unpaired) electrons. The van der Waals surface area contributed by atoms with Gasteiger partial charge < -0.3 is 14.3 Å². The molecule has 1 aliphatic rings. The molecule has 0 saturated carbocycles. The van der Waals surface area contributed by atoms with Gasteiger partial charge in [-0.05, 0) is 18.2 Å². The SMILES string of the molecule is O=C(c1ocnc1C(F)F)N1CCc2[nH]cnc2[C@@H]1c1cc2c(F)cccn2n1. The van der Waals surface area contributed by atoms with Crippen LogP contribution in [0.5, 0.6) is 0 Å². The molecule has 29 heavy (non-hydrogen) atoms. The first kappa shape index (κ1) is 17.5. The Morgan fingerprint density at radius 3 is 3.00 bits per heavy atom. The molecule has 0 unspecified atom stereocenters. The number of aromatic amines is 1. The molecule has 5 rings (SSSR count). The number of nitrogens with zero attached hydrogens (tertiary/aromatic N) is 5. The summed E-state index contributed by atoms with van der Waals surface area (Å²) in [6, 6.07) is 3.52. The Labute approximate surface area is 161 Å². The number of aromatic nitrogens is 5. The molecule has 4 aromatic rings. The lowest BCUT2D eigenvalue weighted by Crippen LogP contribution is -2.41. The quantitative estimate of drug-likeness (QED) is 0.569. The number of halogens is 3. The molecule has 1 atom stereocenters. The number of hydrogen-bond acceptors (Lipinski definition) is 5. The molecule has 8 nitrogen and oxygen atoms in total. The van der Waals surface area contributed by atoms with Crippen LogP contribution in [0.4, 0.5) is 13.2 Å². The maximum atomic E-state index is 14.2. The zero-order valence-corrected chi connectivity index (χ0v) is 14.7. The van der Waals surface area contributed by atoms with Gasteiger partial charge in [0.1, 0.15) is 17.4 Å². The minimum atomic E-state index is -2.96. The van der Waals surface area contributed by atoms with Crippen LogP contribution in [0.1, 0.15) is 45.8 Å². The predicted octanol–water partition coefficient (Wildman–Crippen LogP) is 2.91. The van der Waals surface area contributed by atoms with Gasteiger partial charge in [0, 0.05) is 24.9 Å². The van der Waals surface area contributed by atoms with E-state index in [0.29, 0.717) is 17.8 Å². The van der Waals surface area contributed by atoms with E-state index in [1.165, 1.54) is 33.9 Å². The van der Waals surface area contributed by atoms with E-state index in [-0.39, 0.29) is 12.1 Å². The van der Waals surface area contributed by atoms with Crippen molar-refractivity contribution in [2.45, 2.75) is 18.9 Å². The van der Waals surface area contributed by atoms with E-state index in [4.69, 9.17) is 4.42 Å². The van der Waals surface area contributed by atoms with E-state index < -0.39 is 35.6 Å². The van der Waals surface area contributed by atoms with Crippen molar-refractivity contribution in [1.82, 2.24) is 29.5 Å². The molecule has 4 aromatic heterocycles. The monoisotopic (exact) mass is 402 g/mol. The molecule has 1 amide bonds. The van der Waals surface area contributed by atoms with E-state index in [0.717, 1.165) is 12.1 Å². The van der Waals surface area contributed by atoms with Gasteiger partial charge in [-0.1, -0.05) is 0 Å². The molecule has 0 aromatic carbocycles. The first-order chi connectivity index (χ1) is 14.0. The minimum absolute atomic E-state index is 0.207. The van der Waals surface area contributed by atoms with E-state index in [9.17, 15) is 18.0 Å². The molecule has 5 heterocycles. The topological polar surface area (TPSA) is 92.3 Å². The molecule has 0 saturated heterocycles. The number of carbonyl (C=O) groups excluding carboxylic acids is 1. The average Bonchev–Trinajstić information content (AvgIpc) is 3.44. The van der Waals surface area contributed by atoms with Gasteiger partial charge in [0.05, 0.1) is 17.7 Å². The van der Waals surface area contributed by atoms with Gasteiger partial charge in [-0.15, -0.1) is 0 Å². The third-order valence-electron chi connectivity index (χ3n) is 4.93. The van der Waals surface area contributed by atoms with Gasteiger partial charge in [0.15, 0.2) is 12.1 Å². The minimum Gasteiger partial charge on any atom is -0.438 e. The fourth-order valence-electron chi connectivity index (χ4n) is 3.63. The van der Waals surface area contributed by atoms with Crippen molar-refractivity contribution in [1.29, 1.82) is 0 Å². The highest BCUT2D eigenvalue weighted by molar-refractivity contribution is 5.93. The van der Waals surface area contributed by atoms with Gasteiger partial charge in [0.25, 0.3) is 12.3 Å². The lowest BCUT2D eigenvalue weighted by molar-refractivity contribution is 0.0639. The average molecular weight is 402 g/mol. The fraction of sp³-hybridized carbons (Fsp3) is 0.222. The zero-order chi connectivity index (χ0) is 20.1. The van der Waals surface area contributed by atoms with Crippen LogP contribution in [0, 0.1) is 5.82 Å². The van der Waals surface area contributed by atoms with Crippen molar-refractivity contribution in [3.63, 3.8) is 0 Å². The normalized spacial score (nSPS) is 16.6. The van der Waals surface area contributed by atoms with Gasteiger partial charge in [-0.2, -0.15) is 5.10 Å². The van der Waals surface area contributed by atoms with Gasteiger partial charge in [-0.25, -0.2) is 27.7 Å². The lowest BCUT2D eigenvalue weighted by atomic mass is 9.99. The number of carbonyl (C=O) groups is 1. The van der Waals surface area contributed by atoms with Gasteiger partial charge >= 0.3 is 0 Å². The summed E-state index contributed by atoms with van der Waals surface area (Å²) < 4.78 is 46.9. The highest BCUT2D eigenvalue weighted by Crippen LogP contribution is 2.35. The predicted molar refractivity (Wildman–Crippen MR) is 91.8 cm³/mol. The van der Waals surface area contributed by atoms with Crippen molar-refractivity contribution in [2.75, 3.05) is 6.54 Å². The van der Waals surface area contributed by atoms with Crippen LogP contribution in [0.15, 0.2) is 41.5 Å². The first-order valence-electron chi connectivity index (χ1n) is 8.73. The first-order valence-corrected chi connectivity index (χ1v) is 8.73. The Morgan fingerprint density at radius 1 is 1.34 bits per heavy atom. The summed E-state index contributed by atoms with van der Waals surface area (Å²) in [5.41, 5.74) is 1.18. The molecule has 0 aliphatic carbocycles. The molecule has 0 spiro atoms. The molecular weight excluding hydrogens is 389 g/mol. The molecule has 1 aliphatic heterocycles. The number of imidazole rings is 1. The highest BCUT2D eigenvalue weighted by Gasteiger charge is 2.39. The van der Waals surface area contributed by atoms with Crippen molar-refractivity contribution < 1.29 is 22.4 Å². The van der Waals surface area contributed by atoms with Crippen molar-refractivity contribution >= 4 is 11.4 Å². The Hall–Kier alpha value is -3.63. The molecule has 1 N–H and O–H groups in total. The number of amides is 1. The Kier molecular flexibility index (Phi) is 3.89. The highest BCUT2D eigenvalue weighted by atomic mass is 19.3. The van der Waals surface area contributed by atoms with Crippen LogP contribution < -0.4 is 0 Å². The van der Waals surface area contributed by atoms with Gasteiger partial charge in [-0.3, -0.25) is 4.79 Å². The van der Waals surface area contributed by atoms with Crippen molar-refractivity contribution in [3.8, 4) is 0 Å². The number of alkyl halides is 2. The van der Waals surface area contributed by atoms with Crippen LogP contribution in [0.25, 0.3) is 5.52 Å². The van der Waals surface area contributed by atoms with Crippen molar-refractivity contribution in [2.24, 2.45) is 0 Å². The Morgan fingerprint density at radius 2 is 2.21 bits per heavy atom. The standard InChI is InChI=1S/C18H13F3N6O2/c19-9-2-1-4-27-12(9)6-11(25-27)15-13-10(22-7-23-13)3-5-26(15)18(28)16-14(17(20)21)24-8-29-16/h1-2,4,6-8,15,17H,3,5H2,(H,22,23)/t15-/m0/s1. The second kappa shape index (κ2) is 6.47. The summed E-state index contributed by atoms with van der Waals surface area (Å²) >= 11 is 0. The molecule has 11 heteroatoms. The summed E-state index contributed by atoms with van der Waals surface area (Å²) in [6.07, 6.45) is 1.36. The fourth-order valence-corrected chi connectivity index (χ4v) is 3.63. The Bertz CT molecular complexity index is 1210. The summed E-state index contributed by atoms with van der Waals surface area (Å²) in [4.78, 5) is 25.2. The second-order valence-corrected chi connectivity index (χ2v) is 6.54. The van der Waals surface area contributed by atoms with E-state index in [1.54, 1.807) is 6.20 Å². The van der Waals surface area contributed by atoms with Crippen LogP contribution in [-0.2, 0) is 6.42 Å². The van der Waals surface area contributed by atoms with E-state index in [2.05, 4.69) is 20.1 Å². The van der Waals surface area contributed by atoms with E-state index >= 15 is 0 Å². The molecule has 0 bridgehead atoms. The van der Waals surface area contributed by atoms with E-state index in [1.807, 2.05) is 0 Å². The smallest absolute Gasteiger partial charge is 0.292 e. The van der Waals surface area contributed by atoms with Crippen LogP contribution in [0.2, 0.25) is 0 Å². The second-order valence-electron chi connectivity index (χ2n) is 6.54. The summed E-state index contributed by atoms with van der Waals surface area (Å²) in [6.45, 7) is 0.207.